The van der Waals surface area contributed by atoms with E-state index in [2.05, 4.69) is 47.2 Å². The molecule has 2 rings (SSSR count). The van der Waals surface area contributed by atoms with Crippen LogP contribution in [0.2, 0.25) is 0 Å². The zero-order chi connectivity index (χ0) is 10.9. The van der Waals surface area contributed by atoms with Crippen LogP contribution in [0.25, 0.3) is 0 Å². The van der Waals surface area contributed by atoms with Crippen molar-refractivity contribution in [3.05, 3.63) is 20.8 Å². The summed E-state index contributed by atoms with van der Waals surface area (Å²) in [6.45, 7) is 5.62. The van der Waals surface area contributed by atoms with Crippen LogP contribution < -0.4 is 5.32 Å². The van der Waals surface area contributed by atoms with Crippen molar-refractivity contribution in [2.75, 3.05) is 6.54 Å². The molecule has 0 aromatic carbocycles. The standard InChI is InChI=1S/C12H18BrNS/c1-9(2)14-8-12(5-6-12)7-10-3-4-11(13)15-10/h3-4,9,14H,5-8H2,1-2H3. The highest BCUT2D eigenvalue weighted by molar-refractivity contribution is 9.11. The molecule has 1 heterocycles. The number of rotatable bonds is 5. The van der Waals surface area contributed by atoms with Gasteiger partial charge in [-0.05, 0) is 52.7 Å². The molecular weight excluding hydrogens is 270 g/mol. The molecule has 0 amide bonds. The molecule has 1 aliphatic carbocycles. The first-order chi connectivity index (χ1) is 7.10. The summed E-state index contributed by atoms with van der Waals surface area (Å²) in [5, 5.41) is 3.57. The van der Waals surface area contributed by atoms with E-state index in [1.54, 1.807) is 0 Å². The topological polar surface area (TPSA) is 12.0 Å². The molecule has 1 aromatic heterocycles. The molecule has 0 atom stereocenters. The van der Waals surface area contributed by atoms with Gasteiger partial charge in [0.15, 0.2) is 0 Å². The molecule has 0 aliphatic heterocycles. The molecule has 1 aliphatic rings. The summed E-state index contributed by atoms with van der Waals surface area (Å²) in [6.07, 6.45) is 4.04. The minimum atomic E-state index is 0.578. The summed E-state index contributed by atoms with van der Waals surface area (Å²) in [5.74, 6) is 0. The fraction of sp³-hybridized carbons (Fsp3) is 0.667. The summed E-state index contributed by atoms with van der Waals surface area (Å²) in [4.78, 5) is 1.52. The minimum Gasteiger partial charge on any atom is -0.314 e. The average Bonchev–Trinajstić information content (AvgIpc) is 2.81. The van der Waals surface area contributed by atoms with Crippen molar-refractivity contribution in [1.82, 2.24) is 5.32 Å². The van der Waals surface area contributed by atoms with Gasteiger partial charge in [0.1, 0.15) is 0 Å². The number of nitrogens with one attached hydrogen (secondary N) is 1. The summed E-state index contributed by atoms with van der Waals surface area (Å²) < 4.78 is 1.25. The van der Waals surface area contributed by atoms with E-state index in [1.165, 1.54) is 34.5 Å². The maximum atomic E-state index is 3.57. The van der Waals surface area contributed by atoms with Gasteiger partial charge in [-0.25, -0.2) is 0 Å². The van der Waals surface area contributed by atoms with Crippen molar-refractivity contribution in [3.63, 3.8) is 0 Å². The number of halogens is 1. The highest BCUT2D eigenvalue weighted by Gasteiger charge is 2.42. The van der Waals surface area contributed by atoms with E-state index in [1.807, 2.05) is 11.3 Å². The van der Waals surface area contributed by atoms with Crippen molar-refractivity contribution in [2.45, 2.75) is 39.2 Å². The predicted octanol–water partition coefficient (Wildman–Crippen LogP) is 3.83. The van der Waals surface area contributed by atoms with Gasteiger partial charge in [-0.3, -0.25) is 0 Å². The maximum absolute atomic E-state index is 3.57. The summed E-state index contributed by atoms with van der Waals surface area (Å²) in [5.41, 5.74) is 0.578. The molecule has 1 aromatic rings. The van der Waals surface area contributed by atoms with Crippen LogP contribution in [0.4, 0.5) is 0 Å². The molecule has 1 fully saturated rings. The summed E-state index contributed by atoms with van der Waals surface area (Å²) in [6, 6.07) is 5.02. The average molecular weight is 288 g/mol. The Bertz CT molecular complexity index is 328. The van der Waals surface area contributed by atoms with Crippen molar-refractivity contribution in [2.24, 2.45) is 5.41 Å². The zero-order valence-corrected chi connectivity index (χ0v) is 11.7. The monoisotopic (exact) mass is 287 g/mol. The SMILES string of the molecule is CC(C)NCC1(Cc2ccc(Br)s2)CC1. The highest BCUT2D eigenvalue weighted by atomic mass is 79.9. The van der Waals surface area contributed by atoms with Crippen molar-refractivity contribution < 1.29 is 0 Å². The van der Waals surface area contributed by atoms with E-state index < -0.39 is 0 Å². The lowest BCUT2D eigenvalue weighted by Crippen LogP contribution is -2.30. The molecular formula is C12H18BrNS. The second-order valence-corrected chi connectivity index (χ2v) is 7.47. The fourth-order valence-electron chi connectivity index (χ4n) is 1.83. The van der Waals surface area contributed by atoms with Gasteiger partial charge in [0.25, 0.3) is 0 Å². The lowest BCUT2D eigenvalue weighted by molar-refractivity contribution is 0.432. The van der Waals surface area contributed by atoms with Crippen LogP contribution >= 0.6 is 27.3 Å². The van der Waals surface area contributed by atoms with Gasteiger partial charge >= 0.3 is 0 Å². The molecule has 1 nitrogen and oxygen atoms in total. The van der Waals surface area contributed by atoms with Gasteiger partial charge in [0.05, 0.1) is 3.79 Å². The Balaban J connectivity index is 1.88. The molecule has 84 valence electrons. The van der Waals surface area contributed by atoms with E-state index in [-0.39, 0.29) is 0 Å². The molecule has 0 bridgehead atoms. The predicted molar refractivity (Wildman–Crippen MR) is 70.5 cm³/mol. The van der Waals surface area contributed by atoms with Crippen LogP contribution in [0.1, 0.15) is 31.6 Å². The second kappa shape index (κ2) is 4.56. The van der Waals surface area contributed by atoms with Crippen molar-refractivity contribution >= 4 is 27.3 Å². The Morgan fingerprint density at radius 1 is 1.47 bits per heavy atom. The van der Waals surface area contributed by atoms with Crippen LogP contribution in [-0.4, -0.2) is 12.6 Å². The molecule has 1 saturated carbocycles. The highest BCUT2D eigenvalue weighted by Crippen LogP contribution is 2.48. The van der Waals surface area contributed by atoms with Gasteiger partial charge in [0.2, 0.25) is 0 Å². The smallest absolute Gasteiger partial charge is 0.0701 e. The summed E-state index contributed by atoms with van der Waals surface area (Å²) >= 11 is 5.40. The van der Waals surface area contributed by atoms with Crippen LogP contribution in [0.3, 0.4) is 0 Å². The maximum Gasteiger partial charge on any atom is 0.0701 e. The largest absolute Gasteiger partial charge is 0.314 e. The van der Waals surface area contributed by atoms with Gasteiger partial charge in [0, 0.05) is 17.5 Å². The van der Waals surface area contributed by atoms with E-state index in [0.717, 1.165) is 0 Å². The molecule has 0 unspecified atom stereocenters. The normalized spacial score (nSPS) is 18.4. The van der Waals surface area contributed by atoms with Crippen LogP contribution in [0.15, 0.2) is 15.9 Å². The molecule has 1 N–H and O–H groups in total. The molecule has 0 radical (unpaired) electrons. The van der Waals surface area contributed by atoms with Crippen LogP contribution in [0.5, 0.6) is 0 Å². The fourth-order valence-corrected chi connectivity index (χ4v) is 3.49. The first-order valence-electron chi connectivity index (χ1n) is 5.57. The third-order valence-corrected chi connectivity index (χ3v) is 4.64. The molecule has 3 heteroatoms. The zero-order valence-electron chi connectivity index (χ0n) is 9.35. The lowest BCUT2D eigenvalue weighted by atomic mass is 10.0. The first kappa shape index (κ1) is 11.6. The minimum absolute atomic E-state index is 0.578. The quantitative estimate of drug-likeness (QED) is 0.868. The van der Waals surface area contributed by atoms with Crippen LogP contribution in [-0.2, 0) is 6.42 Å². The van der Waals surface area contributed by atoms with Crippen LogP contribution in [0, 0.1) is 5.41 Å². The third kappa shape index (κ3) is 3.30. The van der Waals surface area contributed by atoms with E-state index >= 15 is 0 Å². The first-order valence-corrected chi connectivity index (χ1v) is 7.18. The molecule has 15 heavy (non-hydrogen) atoms. The van der Waals surface area contributed by atoms with Crippen molar-refractivity contribution in [3.8, 4) is 0 Å². The third-order valence-electron chi connectivity index (χ3n) is 3.02. The Morgan fingerprint density at radius 3 is 2.67 bits per heavy atom. The number of hydrogen-bond donors (Lipinski definition) is 1. The van der Waals surface area contributed by atoms with E-state index in [4.69, 9.17) is 0 Å². The molecule has 0 saturated heterocycles. The van der Waals surface area contributed by atoms with Gasteiger partial charge in [-0.15, -0.1) is 11.3 Å². The number of hydrogen-bond acceptors (Lipinski definition) is 2. The number of thiophene rings is 1. The molecule has 0 spiro atoms. The Hall–Kier alpha value is 0.140. The van der Waals surface area contributed by atoms with Gasteiger partial charge in [-0.1, -0.05) is 13.8 Å². The van der Waals surface area contributed by atoms with Crippen molar-refractivity contribution in [1.29, 1.82) is 0 Å². The lowest BCUT2D eigenvalue weighted by Gasteiger charge is -2.17. The second-order valence-electron chi connectivity index (χ2n) is 4.92. The Labute approximate surface area is 104 Å². The van der Waals surface area contributed by atoms with E-state index in [9.17, 15) is 0 Å². The van der Waals surface area contributed by atoms with E-state index in [0.29, 0.717) is 11.5 Å². The summed E-state index contributed by atoms with van der Waals surface area (Å²) in [7, 11) is 0. The Kier molecular flexibility index (Phi) is 3.53. The van der Waals surface area contributed by atoms with Gasteiger partial charge in [-0.2, -0.15) is 0 Å². The Morgan fingerprint density at radius 2 is 2.20 bits per heavy atom. The van der Waals surface area contributed by atoms with Gasteiger partial charge < -0.3 is 5.32 Å².